The highest BCUT2D eigenvalue weighted by Gasteiger charge is 2.15. The van der Waals surface area contributed by atoms with Crippen LogP contribution in [0.25, 0.3) is 5.69 Å². The molecule has 3 aromatic carbocycles. The number of carbonyl (C=O) groups is 1. The molecular weight excluding hydrogens is 468 g/mol. The molecule has 1 unspecified atom stereocenters. The predicted octanol–water partition coefficient (Wildman–Crippen LogP) is 6.01. The highest BCUT2D eigenvalue weighted by atomic mass is 32.2. The number of rotatable bonds is 12. The van der Waals surface area contributed by atoms with Crippen molar-refractivity contribution in [1.82, 2.24) is 20.1 Å². The molecule has 6 nitrogen and oxygen atoms in total. The summed E-state index contributed by atoms with van der Waals surface area (Å²) in [4.78, 5) is 12.4. The molecule has 4 aromatic rings. The molecule has 1 atom stereocenters. The van der Waals surface area contributed by atoms with Crippen LogP contribution in [-0.2, 0) is 11.2 Å². The Morgan fingerprint density at radius 1 is 0.944 bits per heavy atom. The Morgan fingerprint density at radius 3 is 2.33 bits per heavy atom. The van der Waals surface area contributed by atoms with Crippen LogP contribution < -0.4 is 10.1 Å². The number of benzene rings is 3. The van der Waals surface area contributed by atoms with Crippen molar-refractivity contribution in [1.29, 1.82) is 0 Å². The van der Waals surface area contributed by atoms with E-state index in [1.165, 1.54) is 5.56 Å². The number of unbranched alkanes of at least 4 members (excludes halogenated alkanes) is 1. The van der Waals surface area contributed by atoms with Crippen LogP contribution in [0.2, 0.25) is 0 Å². The molecule has 0 spiro atoms. The Kier molecular flexibility index (Phi) is 9.16. The van der Waals surface area contributed by atoms with E-state index >= 15 is 0 Å². The van der Waals surface area contributed by atoms with Gasteiger partial charge in [0.1, 0.15) is 11.6 Å². The molecule has 36 heavy (non-hydrogen) atoms. The summed E-state index contributed by atoms with van der Waals surface area (Å²) in [5.41, 5.74) is 3.31. The van der Waals surface area contributed by atoms with Crippen molar-refractivity contribution in [2.75, 3.05) is 12.9 Å². The maximum atomic E-state index is 12.4. The van der Waals surface area contributed by atoms with E-state index in [9.17, 15) is 4.79 Å². The molecular formula is C29H32N4O2S. The number of methoxy groups -OCH3 is 1. The van der Waals surface area contributed by atoms with E-state index in [-0.39, 0.29) is 11.9 Å². The van der Waals surface area contributed by atoms with Gasteiger partial charge < -0.3 is 10.1 Å². The second-order valence-electron chi connectivity index (χ2n) is 8.60. The van der Waals surface area contributed by atoms with Crippen LogP contribution in [0.15, 0.2) is 90.1 Å². The van der Waals surface area contributed by atoms with Gasteiger partial charge >= 0.3 is 0 Å². The van der Waals surface area contributed by atoms with Crippen molar-refractivity contribution in [3.63, 3.8) is 0 Å². The fraction of sp³-hybridized carbons (Fsp3) is 0.276. The van der Waals surface area contributed by atoms with E-state index in [1.807, 2.05) is 79.7 Å². The largest absolute Gasteiger partial charge is 0.497 e. The van der Waals surface area contributed by atoms with Crippen molar-refractivity contribution in [2.24, 2.45) is 0 Å². The summed E-state index contributed by atoms with van der Waals surface area (Å²) in [6, 6.07) is 28.3. The van der Waals surface area contributed by atoms with Crippen molar-refractivity contribution in [3.05, 3.63) is 102 Å². The monoisotopic (exact) mass is 500 g/mol. The van der Waals surface area contributed by atoms with Crippen LogP contribution in [0.4, 0.5) is 0 Å². The van der Waals surface area contributed by atoms with E-state index < -0.39 is 0 Å². The average Bonchev–Trinajstić information content (AvgIpc) is 3.31. The molecule has 0 radical (unpaired) electrons. The number of thioether (sulfide) groups is 1. The zero-order valence-electron chi connectivity index (χ0n) is 20.8. The lowest BCUT2D eigenvalue weighted by atomic mass is 10.1. The summed E-state index contributed by atoms with van der Waals surface area (Å²) in [6.45, 7) is 2.02. The van der Waals surface area contributed by atoms with Gasteiger partial charge in [0.2, 0.25) is 5.91 Å². The Bertz CT molecular complexity index is 1230. The quantitative estimate of drug-likeness (QED) is 0.191. The molecule has 0 aliphatic carbocycles. The first-order valence-corrected chi connectivity index (χ1v) is 13.2. The van der Waals surface area contributed by atoms with Crippen molar-refractivity contribution in [3.8, 4) is 11.4 Å². The molecule has 1 N–H and O–H groups in total. The smallest absolute Gasteiger partial charge is 0.220 e. The minimum atomic E-state index is 0.0131. The Morgan fingerprint density at radius 2 is 1.64 bits per heavy atom. The summed E-state index contributed by atoms with van der Waals surface area (Å²) in [5.74, 6) is 2.65. The molecule has 7 heteroatoms. The second kappa shape index (κ2) is 12.9. The third-order valence-electron chi connectivity index (χ3n) is 5.94. The first kappa shape index (κ1) is 25.5. The number of hydrogen-bond donors (Lipinski definition) is 1. The lowest BCUT2D eigenvalue weighted by Gasteiger charge is -2.14. The lowest BCUT2D eigenvalue weighted by molar-refractivity contribution is -0.121. The molecule has 0 fully saturated rings. The molecule has 1 aromatic heterocycles. The SMILES string of the molecule is COc1ccc(-n2c(Cc3ccccc3)nnc2SCCCCC(=O)NC(C)c2ccccc2)cc1. The van der Waals surface area contributed by atoms with Crippen LogP contribution in [0.1, 0.15) is 49.2 Å². The normalized spacial score (nSPS) is 11.7. The van der Waals surface area contributed by atoms with Crippen molar-refractivity contribution in [2.45, 2.75) is 43.8 Å². The molecule has 0 bridgehead atoms. The Labute approximate surface area is 217 Å². The third-order valence-corrected chi connectivity index (χ3v) is 6.96. The Hall–Kier alpha value is -3.58. The van der Waals surface area contributed by atoms with Crippen LogP contribution in [0.3, 0.4) is 0 Å². The van der Waals surface area contributed by atoms with Gasteiger partial charge in [-0.05, 0) is 55.2 Å². The fourth-order valence-electron chi connectivity index (χ4n) is 3.97. The van der Waals surface area contributed by atoms with Crippen LogP contribution in [0.5, 0.6) is 5.75 Å². The minimum absolute atomic E-state index is 0.0131. The maximum absolute atomic E-state index is 12.4. The van der Waals surface area contributed by atoms with Gasteiger partial charge in [-0.15, -0.1) is 10.2 Å². The van der Waals surface area contributed by atoms with E-state index in [0.717, 1.165) is 46.6 Å². The predicted molar refractivity (Wildman–Crippen MR) is 145 cm³/mol. The molecule has 1 amide bonds. The number of amides is 1. The number of nitrogens with one attached hydrogen (secondary N) is 1. The summed E-state index contributed by atoms with van der Waals surface area (Å²) in [6.07, 6.45) is 2.96. The van der Waals surface area contributed by atoms with Crippen LogP contribution >= 0.6 is 11.8 Å². The standard InChI is InChI=1S/C29H32N4O2S/c1-22(24-13-7-4-8-14-24)30-28(34)15-9-10-20-36-29-32-31-27(21-23-11-5-3-6-12-23)33(29)25-16-18-26(35-2)19-17-25/h3-8,11-14,16-19,22H,9-10,15,20-21H2,1-2H3,(H,30,34). The maximum Gasteiger partial charge on any atom is 0.220 e. The van der Waals surface area contributed by atoms with E-state index in [1.54, 1.807) is 18.9 Å². The van der Waals surface area contributed by atoms with Gasteiger partial charge in [0, 0.05) is 24.3 Å². The summed E-state index contributed by atoms with van der Waals surface area (Å²) in [7, 11) is 1.67. The Balaban J connectivity index is 1.34. The molecule has 4 rings (SSSR count). The number of aromatic nitrogens is 3. The molecule has 0 aliphatic rings. The van der Waals surface area contributed by atoms with Gasteiger partial charge in [-0.2, -0.15) is 0 Å². The highest BCUT2D eigenvalue weighted by Crippen LogP contribution is 2.26. The molecule has 0 saturated heterocycles. The minimum Gasteiger partial charge on any atom is -0.497 e. The van der Waals surface area contributed by atoms with E-state index in [2.05, 4.69) is 32.2 Å². The molecule has 1 heterocycles. The van der Waals surface area contributed by atoms with Gasteiger partial charge in [-0.1, -0.05) is 72.4 Å². The first-order chi connectivity index (χ1) is 17.6. The van der Waals surface area contributed by atoms with Crippen molar-refractivity contribution < 1.29 is 9.53 Å². The molecule has 0 aliphatic heterocycles. The molecule has 186 valence electrons. The van der Waals surface area contributed by atoms with Gasteiger partial charge in [0.15, 0.2) is 5.16 Å². The highest BCUT2D eigenvalue weighted by molar-refractivity contribution is 7.99. The zero-order valence-corrected chi connectivity index (χ0v) is 21.6. The first-order valence-electron chi connectivity index (χ1n) is 12.2. The van der Waals surface area contributed by atoms with Gasteiger partial charge in [-0.3, -0.25) is 9.36 Å². The topological polar surface area (TPSA) is 69.0 Å². The van der Waals surface area contributed by atoms with E-state index in [4.69, 9.17) is 4.74 Å². The second-order valence-corrected chi connectivity index (χ2v) is 9.66. The van der Waals surface area contributed by atoms with Gasteiger partial charge in [0.05, 0.1) is 13.2 Å². The number of hydrogen-bond acceptors (Lipinski definition) is 5. The summed E-state index contributed by atoms with van der Waals surface area (Å²) < 4.78 is 7.44. The summed E-state index contributed by atoms with van der Waals surface area (Å²) in [5, 5.41) is 13.0. The number of nitrogens with zero attached hydrogens (tertiary/aromatic N) is 3. The third kappa shape index (κ3) is 6.98. The summed E-state index contributed by atoms with van der Waals surface area (Å²) >= 11 is 1.67. The van der Waals surface area contributed by atoms with Crippen LogP contribution in [0, 0.1) is 0 Å². The average molecular weight is 501 g/mol. The van der Waals surface area contributed by atoms with Crippen molar-refractivity contribution >= 4 is 17.7 Å². The van der Waals surface area contributed by atoms with Gasteiger partial charge in [-0.25, -0.2) is 0 Å². The number of ether oxygens (including phenoxy) is 1. The van der Waals surface area contributed by atoms with E-state index in [0.29, 0.717) is 12.8 Å². The number of carbonyl (C=O) groups excluding carboxylic acids is 1. The lowest BCUT2D eigenvalue weighted by Crippen LogP contribution is -2.26. The fourth-order valence-corrected chi connectivity index (χ4v) is 4.94. The molecule has 0 saturated carbocycles. The zero-order chi connectivity index (χ0) is 25.2. The van der Waals surface area contributed by atoms with Crippen LogP contribution in [-0.4, -0.2) is 33.5 Å². The van der Waals surface area contributed by atoms with Gasteiger partial charge in [0.25, 0.3) is 0 Å².